The van der Waals surface area contributed by atoms with Crippen LogP contribution in [0.2, 0.25) is 5.02 Å². The third-order valence-electron chi connectivity index (χ3n) is 4.00. The molecule has 0 aliphatic carbocycles. The van der Waals surface area contributed by atoms with E-state index in [4.69, 9.17) is 33.3 Å². The highest BCUT2D eigenvalue weighted by Gasteiger charge is 2.36. The van der Waals surface area contributed by atoms with Gasteiger partial charge in [-0.1, -0.05) is 41.6 Å². The van der Waals surface area contributed by atoms with Gasteiger partial charge in [-0.25, -0.2) is 0 Å². The molecule has 0 radical (unpaired) electrons. The summed E-state index contributed by atoms with van der Waals surface area (Å²) in [5.74, 6) is 0.464. The van der Waals surface area contributed by atoms with Crippen LogP contribution >= 0.6 is 35.6 Å². The van der Waals surface area contributed by atoms with Crippen molar-refractivity contribution in [3.8, 4) is 11.5 Å². The lowest BCUT2D eigenvalue weighted by Gasteiger charge is -2.16. The smallest absolute Gasteiger partial charge is 0.416 e. The number of rotatable bonds is 2. The molecule has 0 N–H and O–H groups in total. The number of benzene rings is 2. The molecule has 1 saturated heterocycles. The van der Waals surface area contributed by atoms with E-state index in [-0.39, 0.29) is 21.7 Å². The number of fused-ring (bicyclic) bond motifs is 1. The molecule has 4 rings (SSSR count). The molecule has 28 heavy (non-hydrogen) atoms. The molecular formula is C18H9ClF3NO3S2. The molecule has 2 heterocycles. The first-order chi connectivity index (χ1) is 13.2. The fourth-order valence-corrected chi connectivity index (χ4v) is 4.19. The third-order valence-corrected chi connectivity index (χ3v) is 5.63. The molecule has 0 spiro atoms. The Morgan fingerprint density at radius 3 is 2.61 bits per heavy atom. The van der Waals surface area contributed by atoms with E-state index in [9.17, 15) is 18.0 Å². The highest BCUT2D eigenvalue weighted by molar-refractivity contribution is 8.27. The quantitative estimate of drug-likeness (QED) is 0.453. The highest BCUT2D eigenvalue weighted by atomic mass is 35.5. The summed E-state index contributed by atoms with van der Waals surface area (Å²) in [5, 5.41) is 0.341. The number of anilines is 1. The number of hydrogen-bond donors (Lipinski definition) is 0. The minimum Gasteiger partial charge on any atom is -0.454 e. The van der Waals surface area contributed by atoms with Crippen molar-refractivity contribution in [1.29, 1.82) is 0 Å². The Balaban J connectivity index is 1.68. The molecule has 1 amide bonds. The molecular weight excluding hydrogens is 435 g/mol. The molecule has 0 aromatic heterocycles. The number of halogens is 4. The van der Waals surface area contributed by atoms with Crippen LogP contribution in [0.15, 0.2) is 41.3 Å². The molecule has 0 bridgehead atoms. The Hall–Kier alpha value is -2.23. The summed E-state index contributed by atoms with van der Waals surface area (Å²) in [6.07, 6.45) is -3.00. The predicted molar refractivity (Wildman–Crippen MR) is 105 cm³/mol. The van der Waals surface area contributed by atoms with Gasteiger partial charge in [0.1, 0.15) is 0 Å². The predicted octanol–water partition coefficient (Wildman–Crippen LogP) is 5.49. The fraction of sp³-hybridized carbons (Fsp3) is 0.111. The zero-order valence-electron chi connectivity index (χ0n) is 13.7. The molecule has 0 unspecified atom stereocenters. The Morgan fingerprint density at radius 1 is 1.18 bits per heavy atom. The number of carbonyl (C=O) groups is 1. The second kappa shape index (κ2) is 6.98. The van der Waals surface area contributed by atoms with Gasteiger partial charge >= 0.3 is 6.18 Å². The maximum absolute atomic E-state index is 13.0. The first-order valence-corrected chi connectivity index (χ1v) is 9.38. The van der Waals surface area contributed by atoms with E-state index in [0.717, 1.165) is 28.8 Å². The zero-order chi connectivity index (χ0) is 20.1. The molecule has 144 valence electrons. The van der Waals surface area contributed by atoms with E-state index in [1.54, 1.807) is 12.1 Å². The maximum Gasteiger partial charge on any atom is 0.416 e. The van der Waals surface area contributed by atoms with Crippen LogP contribution in [0.3, 0.4) is 0 Å². The molecule has 0 atom stereocenters. The van der Waals surface area contributed by atoms with E-state index < -0.39 is 17.6 Å². The standard InChI is InChI=1S/C18H9ClF3NO3S2/c19-12-7-14-13(25-8-26-14)4-9(12)5-15-16(24)23(17(27)28-15)11-3-1-2-10(6-11)18(20,21)22/h1-7H,8H2. The molecule has 0 saturated carbocycles. The van der Waals surface area contributed by atoms with E-state index in [0.29, 0.717) is 22.1 Å². The van der Waals surface area contributed by atoms with Crippen molar-refractivity contribution in [3.63, 3.8) is 0 Å². The molecule has 2 aromatic carbocycles. The summed E-state index contributed by atoms with van der Waals surface area (Å²) >= 11 is 12.4. The van der Waals surface area contributed by atoms with Crippen LogP contribution in [0.1, 0.15) is 11.1 Å². The second-order valence-corrected chi connectivity index (χ2v) is 7.88. The van der Waals surface area contributed by atoms with Crippen LogP contribution in [-0.4, -0.2) is 17.0 Å². The molecule has 4 nitrogen and oxygen atoms in total. The summed E-state index contributed by atoms with van der Waals surface area (Å²) in [6.45, 7) is 0.0762. The molecule has 1 fully saturated rings. The Kier molecular flexibility index (Phi) is 4.76. The number of hydrogen-bond acceptors (Lipinski definition) is 5. The van der Waals surface area contributed by atoms with Gasteiger partial charge in [-0.05, 0) is 35.9 Å². The normalized spacial score (nSPS) is 17.7. The van der Waals surface area contributed by atoms with Gasteiger partial charge in [0.05, 0.1) is 21.2 Å². The van der Waals surface area contributed by atoms with Crippen LogP contribution in [0, 0.1) is 0 Å². The van der Waals surface area contributed by atoms with Gasteiger partial charge < -0.3 is 9.47 Å². The first kappa shape index (κ1) is 19.1. The van der Waals surface area contributed by atoms with Crippen LogP contribution in [0.25, 0.3) is 6.08 Å². The van der Waals surface area contributed by atoms with Crippen molar-refractivity contribution in [3.05, 3.63) is 57.5 Å². The highest BCUT2D eigenvalue weighted by Crippen LogP contribution is 2.41. The van der Waals surface area contributed by atoms with E-state index in [1.807, 2.05) is 0 Å². The average molecular weight is 444 g/mol. The Labute approximate surface area is 171 Å². The van der Waals surface area contributed by atoms with Gasteiger partial charge in [0.25, 0.3) is 5.91 Å². The SMILES string of the molecule is O=C1C(=Cc2cc3c(cc2Cl)OCO3)SC(=S)N1c1cccc(C(F)(F)F)c1. The largest absolute Gasteiger partial charge is 0.454 e. The number of nitrogens with zero attached hydrogens (tertiary/aromatic N) is 1. The van der Waals surface area contributed by atoms with Gasteiger partial charge in [0.2, 0.25) is 6.79 Å². The van der Waals surface area contributed by atoms with Gasteiger partial charge in [0, 0.05) is 6.07 Å². The molecule has 2 aromatic rings. The minimum atomic E-state index is -4.52. The number of carbonyl (C=O) groups excluding carboxylic acids is 1. The van der Waals surface area contributed by atoms with Crippen molar-refractivity contribution >= 4 is 57.6 Å². The number of ether oxygens (including phenoxy) is 2. The van der Waals surface area contributed by atoms with Crippen molar-refractivity contribution in [1.82, 2.24) is 0 Å². The van der Waals surface area contributed by atoms with Crippen LogP contribution in [-0.2, 0) is 11.0 Å². The summed E-state index contributed by atoms with van der Waals surface area (Å²) < 4.78 is 49.6. The Morgan fingerprint density at radius 2 is 1.89 bits per heavy atom. The lowest BCUT2D eigenvalue weighted by atomic mass is 10.1. The van der Waals surface area contributed by atoms with Gasteiger partial charge in [0.15, 0.2) is 15.8 Å². The number of amides is 1. The number of thioether (sulfide) groups is 1. The lowest BCUT2D eigenvalue weighted by Crippen LogP contribution is -2.27. The van der Waals surface area contributed by atoms with Crippen LogP contribution in [0.5, 0.6) is 11.5 Å². The first-order valence-electron chi connectivity index (χ1n) is 7.78. The number of alkyl halides is 3. The van der Waals surface area contributed by atoms with Crippen LogP contribution < -0.4 is 14.4 Å². The van der Waals surface area contributed by atoms with Gasteiger partial charge in [-0.2, -0.15) is 13.2 Å². The molecule has 2 aliphatic heterocycles. The minimum absolute atomic E-state index is 0.0532. The van der Waals surface area contributed by atoms with Crippen molar-refractivity contribution < 1.29 is 27.4 Å². The summed E-state index contributed by atoms with van der Waals surface area (Å²) in [4.78, 5) is 14.1. The van der Waals surface area contributed by atoms with E-state index in [2.05, 4.69) is 0 Å². The Bertz CT molecular complexity index is 1040. The van der Waals surface area contributed by atoms with Crippen molar-refractivity contribution in [2.24, 2.45) is 0 Å². The van der Waals surface area contributed by atoms with Crippen molar-refractivity contribution in [2.45, 2.75) is 6.18 Å². The monoisotopic (exact) mass is 443 g/mol. The fourth-order valence-electron chi connectivity index (χ4n) is 2.70. The summed E-state index contributed by atoms with van der Waals surface area (Å²) in [7, 11) is 0. The van der Waals surface area contributed by atoms with Gasteiger partial charge in [-0.15, -0.1) is 0 Å². The van der Waals surface area contributed by atoms with Crippen molar-refractivity contribution in [2.75, 3.05) is 11.7 Å². The maximum atomic E-state index is 13.0. The number of thiocarbonyl (C=S) groups is 1. The van der Waals surface area contributed by atoms with Crippen LogP contribution in [0.4, 0.5) is 18.9 Å². The summed E-state index contributed by atoms with van der Waals surface area (Å²) in [6, 6.07) is 7.65. The van der Waals surface area contributed by atoms with E-state index >= 15 is 0 Å². The summed E-state index contributed by atoms with van der Waals surface area (Å²) in [5.41, 5.74) is -0.296. The molecule has 10 heteroatoms. The topological polar surface area (TPSA) is 38.8 Å². The third kappa shape index (κ3) is 3.45. The average Bonchev–Trinajstić information content (AvgIpc) is 3.18. The lowest BCUT2D eigenvalue weighted by molar-refractivity contribution is -0.137. The van der Waals surface area contributed by atoms with E-state index in [1.165, 1.54) is 18.2 Å². The zero-order valence-corrected chi connectivity index (χ0v) is 16.1. The van der Waals surface area contributed by atoms with Gasteiger partial charge in [-0.3, -0.25) is 9.69 Å². The molecule has 2 aliphatic rings. The second-order valence-electron chi connectivity index (χ2n) is 5.79.